The van der Waals surface area contributed by atoms with Crippen LogP contribution in [0.25, 0.3) is 16.6 Å². The van der Waals surface area contributed by atoms with Crippen LogP contribution < -0.4 is 0 Å². The van der Waals surface area contributed by atoms with E-state index < -0.39 is 0 Å². The third kappa shape index (κ3) is 2.03. The summed E-state index contributed by atoms with van der Waals surface area (Å²) in [5, 5.41) is 11.7. The second-order valence-electron chi connectivity index (χ2n) is 5.53. The van der Waals surface area contributed by atoms with Gasteiger partial charge in [-0.2, -0.15) is 0 Å². The summed E-state index contributed by atoms with van der Waals surface area (Å²) in [5.41, 5.74) is 3.16. The molecule has 0 amide bonds. The predicted octanol–water partition coefficient (Wildman–Crippen LogP) is 2.79. The molecule has 2 aromatic heterocycles. The van der Waals surface area contributed by atoms with Crippen LogP contribution in [-0.2, 0) is 19.4 Å². The van der Waals surface area contributed by atoms with Crippen LogP contribution in [0.5, 0.6) is 0 Å². The molecule has 0 unspecified atom stereocenters. The van der Waals surface area contributed by atoms with Crippen LogP contribution in [0.2, 0.25) is 0 Å². The third-order valence-electron chi connectivity index (χ3n) is 4.19. The summed E-state index contributed by atoms with van der Waals surface area (Å²) in [6.45, 7) is -0.0469. The number of nitrogens with zero attached hydrogens (tertiary/aromatic N) is 3. The number of rotatable bonds is 2. The van der Waals surface area contributed by atoms with E-state index in [0.717, 1.165) is 29.4 Å². The van der Waals surface area contributed by atoms with Gasteiger partial charge in [-0.25, -0.2) is 9.97 Å². The van der Waals surface area contributed by atoms with Crippen LogP contribution >= 0.6 is 0 Å². The maximum atomic E-state index is 9.47. The van der Waals surface area contributed by atoms with Gasteiger partial charge < -0.3 is 5.11 Å². The van der Waals surface area contributed by atoms with Crippen molar-refractivity contribution in [2.45, 2.75) is 32.3 Å². The molecule has 0 saturated heterocycles. The summed E-state index contributed by atoms with van der Waals surface area (Å²) < 4.78 is 2.11. The largest absolute Gasteiger partial charge is 0.390 e. The van der Waals surface area contributed by atoms with E-state index in [-0.39, 0.29) is 6.61 Å². The van der Waals surface area contributed by atoms with Gasteiger partial charge in [-0.15, -0.1) is 0 Å². The van der Waals surface area contributed by atoms with Gasteiger partial charge in [0.2, 0.25) is 0 Å². The summed E-state index contributed by atoms with van der Waals surface area (Å²) in [6, 6.07) is 10.1. The number of benzene rings is 1. The fourth-order valence-electron chi connectivity index (χ4n) is 3.15. The molecule has 1 aromatic carbocycles. The van der Waals surface area contributed by atoms with Crippen LogP contribution in [0.3, 0.4) is 0 Å². The van der Waals surface area contributed by atoms with Crippen molar-refractivity contribution in [2.24, 2.45) is 0 Å². The standard InChI is InChI=1S/C17H17N3O/c21-10-13-9-12-5-1-2-6-14(12)17(19-13)20-11-18-15-7-3-4-8-16(15)20/h1-2,5-6,9,11,21H,3-4,7-8,10H2. The molecule has 4 heteroatoms. The smallest absolute Gasteiger partial charge is 0.146 e. The molecule has 0 radical (unpaired) electrons. The zero-order chi connectivity index (χ0) is 14.2. The van der Waals surface area contributed by atoms with Gasteiger partial charge >= 0.3 is 0 Å². The number of aliphatic hydroxyl groups excluding tert-OH is 1. The van der Waals surface area contributed by atoms with Crippen molar-refractivity contribution in [1.29, 1.82) is 0 Å². The van der Waals surface area contributed by atoms with Crippen molar-refractivity contribution in [2.75, 3.05) is 0 Å². The Labute approximate surface area is 123 Å². The Morgan fingerprint density at radius 3 is 2.90 bits per heavy atom. The van der Waals surface area contributed by atoms with Crippen molar-refractivity contribution in [3.8, 4) is 5.82 Å². The fraction of sp³-hybridized carbons (Fsp3) is 0.294. The Bertz CT molecular complexity index is 807. The monoisotopic (exact) mass is 279 g/mol. The van der Waals surface area contributed by atoms with E-state index in [4.69, 9.17) is 0 Å². The highest BCUT2D eigenvalue weighted by atomic mass is 16.3. The van der Waals surface area contributed by atoms with Crippen LogP contribution in [0, 0.1) is 0 Å². The average Bonchev–Trinajstić information content (AvgIpc) is 2.97. The van der Waals surface area contributed by atoms with Gasteiger partial charge in [0.15, 0.2) is 0 Å². The van der Waals surface area contributed by atoms with Crippen LogP contribution in [-0.4, -0.2) is 19.6 Å². The summed E-state index contributed by atoms with van der Waals surface area (Å²) >= 11 is 0. The average molecular weight is 279 g/mol. The van der Waals surface area contributed by atoms with Gasteiger partial charge in [0.05, 0.1) is 18.0 Å². The van der Waals surface area contributed by atoms with Crippen molar-refractivity contribution in [3.63, 3.8) is 0 Å². The van der Waals surface area contributed by atoms with E-state index in [2.05, 4.69) is 26.7 Å². The molecule has 3 aromatic rings. The molecule has 4 rings (SSSR count). The zero-order valence-corrected chi connectivity index (χ0v) is 11.8. The molecule has 21 heavy (non-hydrogen) atoms. The molecule has 1 N–H and O–H groups in total. The topological polar surface area (TPSA) is 50.9 Å². The number of aliphatic hydroxyl groups is 1. The molecule has 0 saturated carbocycles. The molecule has 0 bridgehead atoms. The predicted molar refractivity (Wildman–Crippen MR) is 81.4 cm³/mol. The first kappa shape index (κ1) is 12.5. The first-order valence-electron chi connectivity index (χ1n) is 7.42. The molecule has 0 aliphatic heterocycles. The highest BCUT2D eigenvalue weighted by molar-refractivity contribution is 5.89. The molecular formula is C17H17N3O. The van der Waals surface area contributed by atoms with Crippen LogP contribution in [0.1, 0.15) is 29.9 Å². The Balaban J connectivity index is 1.99. The van der Waals surface area contributed by atoms with Gasteiger partial charge in [-0.05, 0) is 37.1 Å². The normalized spacial score (nSPS) is 14.3. The van der Waals surface area contributed by atoms with E-state index in [1.165, 1.54) is 24.2 Å². The summed E-state index contributed by atoms with van der Waals surface area (Å²) in [7, 11) is 0. The summed E-state index contributed by atoms with van der Waals surface area (Å²) in [4.78, 5) is 9.20. The number of aromatic nitrogens is 3. The lowest BCUT2D eigenvalue weighted by Gasteiger charge is -2.15. The van der Waals surface area contributed by atoms with Crippen molar-refractivity contribution in [3.05, 3.63) is 53.7 Å². The van der Waals surface area contributed by atoms with E-state index in [1.807, 2.05) is 24.5 Å². The third-order valence-corrected chi connectivity index (χ3v) is 4.19. The second kappa shape index (κ2) is 4.97. The summed E-state index contributed by atoms with van der Waals surface area (Å²) in [6.07, 6.45) is 6.41. The maximum absolute atomic E-state index is 9.47. The lowest BCUT2D eigenvalue weighted by Crippen LogP contribution is -2.09. The fourth-order valence-corrected chi connectivity index (χ4v) is 3.15. The molecule has 0 spiro atoms. The number of hydrogen-bond donors (Lipinski definition) is 1. The van der Waals surface area contributed by atoms with Crippen molar-refractivity contribution < 1.29 is 5.11 Å². The number of fused-ring (bicyclic) bond motifs is 2. The SMILES string of the molecule is OCc1cc2ccccc2c(-n2cnc3c2CCCC3)n1. The molecular weight excluding hydrogens is 262 g/mol. The minimum Gasteiger partial charge on any atom is -0.390 e. The van der Waals surface area contributed by atoms with Gasteiger partial charge in [-0.1, -0.05) is 24.3 Å². The minimum atomic E-state index is -0.0469. The van der Waals surface area contributed by atoms with E-state index in [1.54, 1.807) is 0 Å². The van der Waals surface area contributed by atoms with Gasteiger partial charge in [0.25, 0.3) is 0 Å². The Morgan fingerprint density at radius 1 is 1.14 bits per heavy atom. The summed E-state index contributed by atoms with van der Waals surface area (Å²) in [5.74, 6) is 0.882. The molecule has 1 aliphatic rings. The van der Waals surface area contributed by atoms with Gasteiger partial charge in [0, 0.05) is 11.1 Å². The highest BCUT2D eigenvalue weighted by Crippen LogP contribution is 2.27. The quantitative estimate of drug-likeness (QED) is 0.784. The second-order valence-corrected chi connectivity index (χ2v) is 5.53. The molecule has 1 aliphatic carbocycles. The van der Waals surface area contributed by atoms with Crippen molar-refractivity contribution in [1.82, 2.24) is 14.5 Å². The first-order valence-corrected chi connectivity index (χ1v) is 7.42. The Morgan fingerprint density at radius 2 is 2.00 bits per heavy atom. The maximum Gasteiger partial charge on any atom is 0.146 e. The first-order chi connectivity index (χ1) is 10.4. The van der Waals surface area contributed by atoms with Gasteiger partial charge in [-0.3, -0.25) is 4.57 Å². The molecule has 4 nitrogen and oxygen atoms in total. The Hall–Kier alpha value is -2.20. The van der Waals surface area contributed by atoms with E-state index in [9.17, 15) is 5.11 Å². The number of imidazole rings is 1. The van der Waals surface area contributed by atoms with E-state index >= 15 is 0 Å². The number of pyridine rings is 1. The van der Waals surface area contributed by atoms with Gasteiger partial charge in [0.1, 0.15) is 12.1 Å². The van der Waals surface area contributed by atoms with Crippen LogP contribution in [0.15, 0.2) is 36.7 Å². The zero-order valence-electron chi connectivity index (χ0n) is 11.8. The van der Waals surface area contributed by atoms with E-state index in [0.29, 0.717) is 5.69 Å². The molecule has 0 fully saturated rings. The highest BCUT2D eigenvalue weighted by Gasteiger charge is 2.18. The molecule has 106 valence electrons. The lowest BCUT2D eigenvalue weighted by molar-refractivity contribution is 0.277. The lowest BCUT2D eigenvalue weighted by atomic mass is 10.0. The molecule has 0 atom stereocenters. The number of aryl methyl sites for hydroxylation is 1. The minimum absolute atomic E-state index is 0.0469. The molecule has 2 heterocycles. The van der Waals surface area contributed by atoms with Crippen molar-refractivity contribution >= 4 is 10.8 Å². The van der Waals surface area contributed by atoms with Crippen LogP contribution in [0.4, 0.5) is 0 Å². The Kier molecular flexibility index (Phi) is 2.97. The number of hydrogen-bond acceptors (Lipinski definition) is 3.